The molecule has 3 aliphatic rings. The number of rotatable bonds is 9. The summed E-state index contributed by atoms with van der Waals surface area (Å²) >= 11 is 0. The van der Waals surface area contributed by atoms with E-state index in [0.717, 1.165) is 0 Å². The van der Waals surface area contributed by atoms with Gasteiger partial charge in [0.05, 0.1) is 13.2 Å². The molecular weight excluding hydrogens is 452 g/mol. The molecule has 3 fully saturated rings. The zero-order chi connectivity index (χ0) is 23.4. The Labute approximate surface area is 179 Å². The van der Waals surface area contributed by atoms with E-state index in [1.807, 2.05) is 0 Å². The Hall–Kier alpha value is -1.13. The second kappa shape index (κ2) is 11.3. The van der Waals surface area contributed by atoms with Gasteiger partial charge in [-0.25, -0.2) is 4.79 Å². The fourth-order valence-corrected chi connectivity index (χ4v) is 3.06. The maximum absolute atomic E-state index is 11.5. The third-order valence-corrected chi connectivity index (χ3v) is 4.53. The van der Waals surface area contributed by atoms with Crippen LogP contribution in [0.5, 0.6) is 0 Å². The van der Waals surface area contributed by atoms with Crippen molar-refractivity contribution in [2.75, 3.05) is 20.0 Å². The lowest BCUT2D eigenvalue weighted by Gasteiger charge is -2.45. The summed E-state index contributed by atoms with van der Waals surface area (Å²) in [5, 5.41) is 66.9. The molecule has 0 bridgehead atoms. The molecule has 3 heterocycles. The van der Waals surface area contributed by atoms with E-state index in [1.165, 1.54) is 0 Å². The summed E-state index contributed by atoms with van der Waals surface area (Å²) in [6.07, 6.45) is -16.8. The third-order valence-electron chi connectivity index (χ3n) is 4.53. The van der Waals surface area contributed by atoms with Gasteiger partial charge in [-0.3, -0.25) is 4.74 Å². The molecule has 17 heteroatoms. The fraction of sp³-hybridized carbons (Fsp3) is 0.933. The van der Waals surface area contributed by atoms with Gasteiger partial charge in [0.25, 0.3) is 0 Å². The molecule has 3 aliphatic heterocycles. The Morgan fingerprint density at radius 3 is 2.16 bits per heavy atom. The van der Waals surface area contributed by atoms with E-state index in [4.69, 9.17) is 43.4 Å². The van der Waals surface area contributed by atoms with E-state index in [1.54, 1.807) is 0 Å². The van der Waals surface area contributed by atoms with Crippen LogP contribution in [0.1, 0.15) is 0 Å². The van der Waals surface area contributed by atoms with Gasteiger partial charge in [0, 0.05) is 0 Å². The van der Waals surface area contributed by atoms with E-state index in [2.05, 4.69) is 9.78 Å². The average molecular weight is 476 g/mol. The Morgan fingerprint density at radius 2 is 1.56 bits per heavy atom. The van der Waals surface area contributed by atoms with Crippen LogP contribution in [-0.2, 0) is 47.7 Å². The second-order valence-corrected chi connectivity index (χ2v) is 6.62. The molecule has 3 rings (SSSR count). The summed E-state index contributed by atoms with van der Waals surface area (Å²) in [5.74, 6) is -1.62. The molecule has 11 atom stereocenters. The number of carboxylic acids is 1. The Bertz CT molecular complexity index is 606. The molecule has 7 N–H and O–H groups in total. The highest BCUT2D eigenvalue weighted by molar-refractivity contribution is 5.73. The second-order valence-electron chi connectivity index (χ2n) is 6.62. The number of hydrogen-bond donors (Lipinski definition) is 7. The Balaban J connectivity index is 1.82. The predicted octanol–water partition coefficient (Wildman–Crippen LogP) is -5.16. The standard InChI is InChI=1S/C15H24O17/c16-1-4-11(22)30-12(23)14(25-4)28-9-7(29-15-26-5(2-17)31-32-15)6(19)8(10(20)21)27-13(9)24-3-18/h4-9,11-19,22-23H,1-3H2,(H,20,21)/t4?,5-,6+,7?,8?,9?,11-,12?,13-,14+,15+/m1/s1. The predicted molar refractivity (Wildman–Crippen MR) is 87.0 cm³/mol. The van der Waals surface area contributed by atoms with Crippen molar-refractivity contribution in [1.82, 2.24) is 0 Å². The van der Waals surface area contributed by atoms with Crippen molar-refractivity contribution >= 4 is 5.97 Å². The highest BCUT2D eigenvalue weighted by Crippen LogP contribution is 2.32. The van der Waals surface area contributed by atoms with Gasteiger partial charge in [0.2, 0.25) is 18.9 Å². The normalized spacial score (nSPS) is 45.1. The van der Waals surface area contributed by atoms with Gasteiger partial charge in [-0.15, -0.1) is 0 Å². The summed E-state index contributed by atoms with van der Waals surface area (Å²) in [7, 11) is 0. The van der Waals surface area contributed by atoms with Crippen molar-refractivity contribution in [3.05, 3.63) is 0 Å². The Morgan fingerprint density at radius 1 is 0.812 bits per heavy atom. The molecule has 0 radical (unpaired) electrons. The molecule has 0 aromatic heterocycles. The number of carbonyl (C=O) groups is 1. The van der Waals surface area contributed by atoms with Crippen molar-refractivity contribution in [2.45, 2.75) is 68.4 Å². The van der Waals surface area contributed by atoms with E-state index in [-0.39, 0.29) is 0 Å². The first-order chi connectivity index (χ1) is 15.3. The van der Waals surface area contributed by atoms with Crippen LogP contribution in [0, 0.1) is 0 Å². The maximum atomic E-state index is 11.5. The minimum atomic E-state index is -1.95. The summed E-state index contributed by atoms with van der Waals surface area (Å²) in [6, 6.07) is 0. The zero-order valence-corrected chi connectivity index (χ0v) is 16.2. The lowest BCUT2D eigenvalue weighted by atomic mass is 9.98. The number of hydrogen-bond acceptors (Lipinski definition) is 16. The quantitative estimate of drug-likeness (QED) is 0.121. The maximum Gasteiger partial charge on any atom is 0.335 e. The Kier molecular flexibility index (Phi) is 9.03. The van der Waals surface area contributed by atoms with Gasteiger partial charge in [0.15, 0.2) is 18.7 Å². The van der Waals surface area contributed by atoms with E-state index < -0.39 is 94.4 Å². The van der Waals surface area contributed by atoms with E-state index in [9.17, 15) is 30.3 Å². The third kappa shape index (κ3) is 5.67. The highest BCUT2D eigenvalue weighted by atomic mass is 17.3. The molecule has 32 heavy (non-hydrogen) atoms. The van der Waals surface area contributed by atoms with Crippen LogP contribution in [0.4, 0.5) is 0 Å². The first-order valence-electron chi connectivity index (χ1n) is 9.25. The molecule has 0 saturated carbocycles. The molecule has 5 unspecified atom stereocenters. The minimum Gasteiger partial charge on any atom is -0.479 e. The van der Waals surface area contributed by atoms with Gasteiger partial charge in [0.1, 0.15) is 31.2 Å². The molecule has 3 saturated heterocycles. The molecule has 0 aliphatic carbocycles. The minimum absolute atomic E-state index is 0.617. The van der Waals surface area contributed by atoms with Crippen LogP contribution in [0.2, 0.25) is 0 Å². The molecule has 186 valence electrons. The first-order valence-corrected chi connectivity index (χ1v) is 9.25. The number of aliphatic carboxylic acids is 1. The molecular formula is C15H24O17. The summed E-state index contributed by atoms with van der Waals surface area (Å²) in [6.45, 7) is -3.98. The fourth-order valence-electron chi connectivity index (χ4n) is 3.06. The van der Waals surface area contributed by atoms with Crippen LogP contribution in [-0.4, -0.2) is 130 Å². The monoisotopic (exact) mass is 476 g/mol. The molecule has 0 amide bonds. The lowest BCUT2D eigenvalue weighted by molar-refractivity contribution is -0.430. The SMILES string of the molecule is O=C(O)C1O[C@@H](OCO)C(O[C@@H]2OC(CO)[C@H](O)OC2O)C(O[C@H]2OO[C@H](CO)O2)[C@@H]1O. The van der Waals surface area contributed by atoms with Crippen molar-refractivity contribution in [2.24, 2.45) is 0 Å². The molecule has 17 nitrogen and oxygen atoms in total. The van der Waals surface area contributed by atoms with Crippen molar-refractivity contribution in [3.8, 4) is 0 Å². The zero-order valence-electron chi connectivity index (χ0n) is 16.2. The number of carboxylic acid groups (broad SMARTS) is 1. The number of aliphatic hydroxyl groups excluding tert-OH is 6. The van der Waals surface area contributed by atoms with Crippen LogP contribution in [0.3, 0.4) is 0 Å². The van der Waals surface area contributed by atoms with Crippen LogP contribution in [0.25, 0.3) is 0 Å². The highest BCUT2D eigenvalue weighted by Gasteiger charge is 2.54. The first kappa shape index (κ1) is 25.5. The summed E-state index contributed by atoms with van der Waals surface area (Å²) in [4.78, 5) is 20.8. The molecule has 0 aromatic rings. The van der Waals surface area contributed by atoms with Crippen molar-refractivity contribution < 1.29 is 83.5 Å². The molecule has 0 spiro atoms. The summed E-state index contributed by atoms with van der Waals surface area (Å²) in [5.41, 5.74) is 0. The van der Waals surface area contributed by atoms with Gasteiger partial charge >= 0.3 is 12.4 Å². The largest absolute Gasteiger partial charge is 0.479 e. The van der Waals surface area contributed by atoms with Crippen LogP contribution >= 0.6 is 0 Å². The van der Waals surface area contributed by atoms with Crippen molar-refractivity contribution in [3.63, 3.8) is 0 Å². The average Bonchev–Trinajstić information content (AvgIpc) is 3.21. The van der Waals surface area contributed by atoms with Crippen molar-refractivity contribution in [1.29, 1.82) is 0 Å². The van der Waals surface area contributed by atoms with Gasteiger partial charge in [-0.1, -0.05) is 0 Å². The summed E-state index contributed by atoms with van der Waals surface area (Å²) < 4.78 is 36.0. The number of ether oxygens (including phenoxy) is 7. The van der Waals surface area contributed by atoms with Gasteiger partial charge in [-0.05, 0) is 0 Å². The van der Waals surface area contributed by atoms with Crippen LogP contribution in [0.15, 0.2) is 0 Å². The number of aliphatic hydroxyl groups is 6. The molecule has 0 aromatic carbocycles. The lowest BCUT2D eigenvalue weighted by Crippen LogP contribution is -2.64. The smallest absolute Gasteiger partial charge is 0.335 e. The van der Waals surface area contributed by atoms with E-state index in [0.29, 0.717) is 0 Å². The van der Waals surface area contributed by atoms with E-state index >= 15 is 0 Å². The van der Waals surface area contributed by atoms with Gasteiger partial charge < -0.3 is 64.2 Å². The topological polar surface area (TPSA) is 242 Å². The van der Waals surface area contributed by atoms with Crippen LogP contribution < -0.4 is 0 Å². The van der Waals surface area contributed by atoms with Gasteiger partial charge in [-0.2, -0.15) is 9.78 Å².